The van der Waals surface area contributed by atoms with Gasteiger partial charge in [0.2, 0.25) is 0 Å². The summed E-state index contributed by atoms with van der Waals surface area (Å²) in [6.07, 6.45) is 2.81. The van der Waals surface area contributed by atoms with E-state index in [9.17, 15) is 5.11 Å². The largest absolute Gasteiger partial charge is 0.391 e. The predicted molar refractivity (Wildman–Crippen MR) is 69.9 cm³/mol. The number of hydrogen-bond donors (Lipinski definition) is 2. The van der Waals surface area contributed by atoms with E-state index in [1.165, 1.54) is 15.6 Å². The van der Waals surface area contributed by atoms with Gasteiger partial charge < -0.3 is 10.4 Å². The van der Waals surface area contributed by atoms with Crippen LogP contribution in [0, 0.1) is 3.57 Å². The van der Waals surface area contributed by atoms with Crippen LogP contribution in [0.3, 0.4) is 0 Å². The first-order valence-corrected chi connectivity index (χ1v) is 6.49. The van der Waals surface area contributed by atoms with Crippen LogP contribution in [0.5, 0.6) is 0 Å². The van der Waals surface area contributed by atoms with Crippen LogP contribution in [0.1, 0.15) is 18.4 Å². The number of aliphatic hydroxyl groups is 1. The van der Waals surface area contributed by atoms with Crippen LogP contribution in [-0.2, 0) is 6.42 Å². The van der Waals surface area contributed by atoms with E-state index in [0.29, 0.717) is 6.04 Å². The lowest BCUT2D eigenvalue weighted by atomic mass is 10.0. The second kappa shape index (κ2) is 5.27. The molecule has 3 heteroatoms. The van der Waals surface area contributed by atoms with Crippen molar-refractivity contribution in [2.45, 2.75) is 31.4 Å². The minimum absolute atomic E-state index is 0.243. The molecule has 0 bridgehead atoms. The van der Waals surface area contributed by atoms with E-state index in [-0.39, 0.29) is 6.10 Å². The summed E-state index contributed by atoms with van der Waals surface area (Å²) in [5.74, 6) is 0. The Hall–Kier alpha value is -0.130. The third-order valence-electron chi connectivity index (χ3n) is 2.92. The molecule has 0 spiro atoms. The smallest absolute Gasteiger partial charge is 0.0733 e. The van der Waals surface area contributed by atoms with Crippen molar-refractivity contribution in [3.05, 3.63) is 33.4 Å². The van der Waals surface area contributed by atoms with Crippen LogP contribution in [0.4, 0.5) is 0 Å². The molecule has 0 aliphatic carbocycles. The van der Waals surface area contributed by atoms with Gasteiger partial charge in [-0.05, 0) is 66.1 Å². The highest BCUT2D eigenvalue weighted by molar-refractivity contribution is 14.1. The van der Waals surface area contributed by atoms with Crippen molar-refractivity contribution in [1.82, 2.24) is 5.32 Å². The van der Waals surface area contributed by atoms with Gasteiger partial charge in [0.1, 0.15) is 0 Å². The van der Waals surface area contributed by atoms with E-state index in [4.69, 9.17) is 0 Å². The fraction of sp³-hybridized carbons (Fsp3) is 0.500. The standard InChI is InChI=1S/C12H16INO/c13-10-5-3-9(4-6-10)8-12(15)11-2-1-7-14-11/h3-6,11-12,14-15H,1-2,7-8H2. The summed E-state index contributed by atoms with van der Waals surface area (Å²) in [6, 6.07) is 8.67. The summed E-state index contributed by atoms with van der Waals surface area (Å²) in [4.78, 5) is 0. The van der Waals surface area contributed by atoms with Crippen LogP contribution < -0.4 is 5.32 Å². The SMILES string of the molecule is OC(Cc1ccc(I)cc1)C1CCCN1. The van der Waals surface area contributed by atoms with Crippen LogP contribution in [0.2, 0.25) is 0 Å². The maximum Gasteiger partial charge on any atom is 0.0733 e. The van der Waals surface area contributed by atoms with Gasteiger partial charge >= 0.3 is 0 Å². The Kier molecular flexibility index (Phi) is 3.99. The molecule has 1 aliphatic heterocycles. The molecule has 2 nitrogen and oxygen atoms in total. The zero-order chi connectivity index (χ0) is 10.7. The van der Waals surface area contributed by atoms with E-state index in [0.717, 1.165) is 19.4 Å². The van der Waals surface area contributed by atoms with Crippen LogP contribution in [0.25, 0.3) is 0 Å². The molecule has 15 heavy (non-hydrogen) atoms. The van der Waals surface area contributed by atoms with Gasteiger partial charge in [0.25, 0.3) is 0 Å². The van der Waals surface area contributed by atoms with Gasteiger partial charge in [-0.15, -0.1) is 0 Å². The summed E-state index contributed by atoms with van der Waals surface area (Å²) in [5, 5.41) is 13.3. The number of benzene rings is 1. The van der Waals surface area contributed by atoms with Crippen molar-refractivity contribution in [2.75, 3.05) is 6.54 Å². The third kappa shape index (κ3) is 3.16. The monoisotopic (exact) mass is 317 g/mol. The minimum Gasteiger partial charge on any atom is -0.391 e. The van der Waals surface area contributed by atoms with Crippen LogP contribution in [-0.4, -0.2) is 23.8 Å². The van der Waals surface area contributed by atoms with Gasteiger partial charge in [0.05, 0.1) is 6.10 Å². The third-order valence-corrected chi connectivity index (χ3v) is 3.64. The number of hydrogen-bond acceptors (Lipinski definition) is 2. The number of nitrogens with one attached hydrogen (secondary N) is 1. The van der Waals surface area contributed by atoms with Gasteiger partial charge in [0.15, 0.2) is 0 Å². The molecule has 2 N–H and O–H groups in total. The highest BCUT2D eigenvalue weighted by Gasteiger charge is 2.22. The Labute approximate surface area is 104 Å². The molecular weight excluding hydrogens is 301 g/mol. The zero-order valence-electron chi connectivity index (χ0n) is 8.62. The normalized spacial score (nSPS) is 22.9. The average molecular weight is 317 g/mol. The van der Waals surface area contributed by atoms with Crippen molar-refractivity contribution < 1.29 is 5.11 Å². The van der Waals surface area contributed by atoms with Gasteiger partial charge in [0, 0.05) is 9.61 Å². The van der Waals surface area contributed by atoms with Crippen LogP contribution in [0.15, 0.2) is 24.3 Å². The molecule has 0 saturated carbocycles. The Balaban J connectivity index is 1.92. The molecule has 1 aliphatic rings. The molecule has 82 valence electrons. The second-order valence-electron chi connectivity index (χ2n) is 4.10. The van der Waals surface area contributed by atoms with Crippen molar-refractivity contribution >= 4 is 22.6 Å². The zero-order valence-corrected chi connectivity index (χ0v) is 10.8. The van der Waals surface area contributed by atoms with Gasteiger partial charge in [-0.25, -0.2) is 0 Å². The fourth-order valence-electron chi connectivity index (χ4n) is 2.04. The van der Waals surface area contributed by atoms with Crippen molar-refractivity contribution in [2.24, 2.45) is 0 Å². The predicted octanol–water partition coefficient (Wildman–Crippen LogP) is 1.95. The highest BCUT2D eigenvalue weighted by Crippen LogP contribution is 2.14. The molecule has 1 fully saturated rings. The van der Waals surface area contributed by atoms with Crippen molar-refractivity contribution in [1.29, 1.82) is 0 Å². The lowest BCUT2D eigenvalue weighted by Gasteiger charge is -2.18. The minimum atomic E-state index is -0.243. The number of halogens is 1. The molecule has 2 atom stereocenters. The van der Waals surface area contributed by atoms with Crippen LogP contribution >= 0.6 is 22.6 Å². The quantitative estimate of drug-likeness (QED) is 0.835. The summed E-state index contributed by atoms with van der Waals surface area (Å²) in [5.41, 5.74) is 1.22. The first-order valence-electron chi connectivity index (χ1n) is 5.41. The summed E-state index contributed by atoms with van der Waals surface area (Å²) in [6.45, 7) is 1.05. The molecule has 1 aromatic rings. The molecule has 2 unspecified atom stereocenters. The van der Waals surface area contributed by atoms with E-state index in [1.54, 1.807) is 0 Å². The fourth-order valence-corrected chi connectivity index (χ4v) is 2.40. The highest BCUT2D eigenvalue weighted by atomic mass is 127. The molecular formula is C12H16INO. The molecule has 1 saturated heterocycles. The van der Waals surface area contributed by atoms with Gasteiger partial charge in [-0.1, -0.05) is 12.1 Å². The summed E-state index contributed by atoms with van der Waals surface area (Å²) in [7, 11) is 0. The Morgan fingerprint density at radius 2 is 2.13 bits per heavy atom. The lowest BCUT2D eigenvalue weighted by Crippen LogP contribution is -2.36. The first-order chi connectivity index (χ1) is 7.25. The molecule has 0 amide bonds. The van der Waals surface area contributed by atoms with Gasteiger partial charge in [-0.3, -0.25) is 0 Å². The van der Waals surface area contributed by atoms with E-state index < -0.39 is 0 Å². The Morgan fingerprint density at radius 1 is 1.40 bits per heavy atom. The molecule has 0 aromatic heterocycles. The maximum absolute atomic E-state index is 10.0. The molecule has 0 radical (unpaired) electrons. The first kappa shape index (κ1) is 11.4. The summed E-state index contributed by atoms with van der Waals surface area (Å²) < 4.78 is 1.24. The summed E-state index contributed by atoms with van der Waals surface area (Å²) >= 11 is 2.29. The maximum atomic E-state index is 10.0. The molecule has 1 heterocycles. The van der Waals surface area contributed by atoms with Crippen molar-refractivity contribution in [3.63, 3.8) is 0 Å². The van der Waals surface area contributed by atoms with Gasteiger partial charge in [-0.2, -0.15) is 0 Å². The number of rotatable bonds is 3. The van der Waals surface area contributed by atoms with Crippen molar-refractivity contribution in [3.8, 4) is 0 Å². The topological polar surface area (TPSA) is 32.3 Å². The van der Waals surface area contributed by atoms with E-state index in [2.05, 4.69) is 52.2 Å². The number of aliphatic hydroxyl groups excluding tert-OH is 1. The van der Waals surface area contributed by atoms with E-state index >= 15 is 0 Å². The Bertz CT molecular complexity index is 306. The van der Waals surface area contributed by atoms with E-state index in [1.807, 2.05) is 0 Å². The lowest BCUT2D eigenvalue weighted by molar-refractivity contribution is 0.136. The molecule has 2 rings (SSSR count). The average Bonchev–Trinajstić information content (AvgIpc) is 2.74. The Morgan fingerprint density at radius 3 is 2.73 bits per heavy atom. The molecule has 1 aromatic carbocycles. The second-order valence-corrected chi connectivity index (χ2v) is 5.35.